The van der Waals surface area contributed by atoms with Crippen molar-refractivity contribution in [2.75, 3.05) is 7.05 Å². The van der Waals surface area contributed by atoms with E-state index >= 15 is 0 Å². The van der Waals surface area contributed by atoms with Crippen LogP contribution in [0.1, 0.15) is 52.1 Å². The smallest absolute Gasteiger partial charge is 0.0406 e. The Hall–Kier alpha value is -0.530. The molecule has 18 heavy (non-hydrogen) atoms. The van der Waals surface area contributed by atoms with Crippen LogP contribution in [-0.2, 0) is 0 Å². The molecule has 1 aromatic carbocycles. The van der Waals surface area contributed by atoms with Crippen LogP contribution >= 0.6 is 11.6 Å². The summed E-state index contributed by atoms with van der Waals surface area (Å²) >= 11 is 5.93. The van der Waals surface area contributed by atoms with E-state index in [-0.39, 0.29) is 0 Å². The molecule has 2 unspecified atom stereocenters. The third-order valence-corrected chi connectivity index (χ3v) is 3.47. The number of rotatable bonds is 5. The molecule has 0 heterocycles. The van der Waals surface area contributed by atoms with E-state index in [0.29, 0.717) is 17.4 Å². The van der Waals surface area contributed by atoms with Crippen molar-refractivity contribution in [1.82, 2.24) is 5.32 Å². The lowest BCUT2D eigenvalue weighted by Gasteiger charge is -2.27. The summed E-state index contributed by atoms with van der Waals surface area (Å²) in [5.41, 5.74) is 1.72. The van der Waals surface area contributed by atoms with E-state index < -0.39 is 0 Å². The van der Waals surface area contributed by atoms with Crippen LogP contribution in [0.4, 0.5) is 0 Å². The summed E-state index contributed by atoms with van der Waals surface area (Å²) in [6, 6.07) is 8.59. The van der Waals surface area contributed by atoms with Gasteiger partial charge in [-0.3, -0.25) is 0 Å². The Morgan fingerprint density at radius 1 is 1.17 bits per heavy atom. The highest BCUT2D eigenvalue weighted by atomic mass is 35.5. The highest BCUT2D eigenvalue weighted by Gasteiger charge is 2.19. The molecule has 0 aliphatic rings. The van der Waals surface area contributed by atoms with Gasteiger partial charge in [-0.05, 0) is 48.9 Å². The molecule has 0 spiro atoms. The maximum Gasteiger partial charge on any atom is 0.0406 e. The lowest BCUT2D eigenvalue weighted by molar-refractivity contribution is 0.279. The van der Waals surface area contributed by atoms with E-state index in [0.717, 1.165) is 11.4 Å². The largest absolute Gasteiger partial charge is 0.313 e. The standard InChI is InChI=1S/C16H26ClN/c1-12(11-16(2,3)4)10-15(18-5)13-6-8-14(17)9-7-13/h6-9,12,15,18H,10-11H2,1-5H3. The highest BCUT2D eigenvalue weighted by Crippen LogP contribution is 2.30. The second-order valence-corrected chi connectivity index (χ2v) is 6.93. The number of benzene rings is 1. The van der Waals surface area contributed by atoms with Gasteiger partial charge in [0.2, 0.25) is 0 Å². The van der Waals surface area contributed by atoms with Crippen LogP contribution < -0.4 is 5.32 Å². The van der Waals surface area contributed by atoms with Crippen molar-refractivity contribution in [3.63, 3.8) is 0 Å². The molecular formula is C16H26ClN. The average molecular weight is 268 g/mol. The van der Waals surface area contributed by atoms with Crippen molar-refractivity contribution >= 4 is 11.6 Å². The van der Waals surface area contributed by atoms with E-state index in [1.165, 1.54) is 12.0 Å². The molecule has 0 aliphatic heterocycles. The predicted molar refractivity (Wildman–Crippen MR) is 81.1 cm³/mol. The first-order chi connectivity index (χ1) is 8.31. The molecule has 0 aliphatic carbocycles. The zero-order chi connectivity index (χ0) is 13.8. The molecule has 1 nitrogen and oxygen atoms in total. The van der Waals surface area contributed by atoms with Gasteiger partial charge >= 0.3 is 0 Å². The molecule has 0 aromatic heterocycles. The summed E-state index contributed by atoms with van der Waals surface area (Å²) in [6.45, 7) is 9.26. The van der Waals surface area contributed by atoms with Crippen molar-refractivity contribution in [1.29, 1.82) is 0 Å². The molecule has 2 heteroatoms. The fourth-order valence-electron chi connectivity index (χ4n) is 2.65. The summed E-state index contributed by atoms with van der Waals surface area (Å²) in [7, 11) is 2.03. The van der Waals surface area contributed by atoms with Crippen molar-refractivity contribution in [2.24, 2.45) is 11.3 Å². The van der Waals surface area contributed by atoms with Crippen LogP contribution in [-0.4, -0.2) is 7.05 Å². The van der Waals surface area contributed by atoms with Gasteiger partial charge in [-0.25, -0.2) is 0 Å². The minimum atomic E-state index is 0.401. The van der Waals surface area contributed by atoms with Gasteiger partial charge in [-0.15, -0.1) is 0 Å². The third-order valence-electron chi connectivity index (χ3n) is 3.22. The summed E-state index contributed by atoms with van der Waals surface area (Å²) in [6.07, 6.45) is 2.41. The van der Waals surface area contributed by atoms with Gasteiger partial charge in [0, 0.05) is 11.1 Å². The van der Waals surface area contributed by atoms with Crippen LogP contribution in [0, 0.1) is 11.3 Å². The predicted octanol–water partition coefficient (Wildman–Crippen LogP) is 5.06. The maximum absolute atomic E-state index is 5.93. The Bertz CT molecular complexity index is 350. The number of nitrogens with one attached hydrogen (secondary N) is 1. The van der Waals surface area contributed by atoms with Gasteiger partial charge < -0.3 is 5.32 Å². The Kier molecular flexibility index (Phi) is 5.68. The third kappa shape index (κ3) is 5.41. The molecule has 2 atom stereocenters. The maximum atomic E-state index is 5.93. The van der Waals surface area contributed by atoms with Gasteiger partial charge in [0.15, 0.2) is 0 Å². The van der Waals surface area contributed by atoms with Crippen LogP contribution in [0.3, 0.4) is 0 Å². The van der Waals surface area contributed by atoms with Crippen LogP contribution in [0.15, 0.2) is 24.3 Å². The summed E-state index contributed by atoms with van der Waals surface area (Å²) in [5.74, 6) is 0.707. The Balaban J connectivity index is 2.64. The van der Waals surface area contributed by atoms with E-state index in [4.69, 9.17) is 11.6 Å². The molecule has 0 radical (unpaired) electrons. The van der Waals surface area contributed by atoms with E-state index in [1.807, 2.05) is 19.2 Å². The van der Waals surface area contributed by atoms with Crippen LogP contribution in [0.5, 0.6) is 0 Å². The zero-order valence-electron chi connectivity index (χ0n) is 12.3. The van der Waals surface area contributed by atoms with Gasteiger partial charge in [0.05, 0.1) is 0 Å². The molecule has 0 saturated carbocycles. The molecule has 1 rings (SSSR count). The zero-order valence-corrected chi connectivity index (χ0v) is 13.0. The first kappa shape index (κ1) is 15.5. The van der Waals surface area contributed by atoms with E-state index in [9.17, 15) is 0 Å². The quantitative estimate of drug-likeness (QED) is 0.786. The molecule has 0 saturated heterocycles. The lowest BCUT2D eigenvalue weighted by Crippen LogP contribution is -2.21. The first-order valence-electron chi connectivity index (χ1n) is 6.74. The van der Waals surface area contributed by atoms with Crippen LogP contribution in [0.2, 0.25) is 5.02 Å². The second kappa shape index (κ2) is 6.58. The average Bonchev–Trinajstić information content (AvgIpc) is 2.25. The Morgan fingerprint density at radius 2 is 1.72 bits per heavy atom. The van der Waals surface area contributed by atoms with Crippen molar-refractivity contribution < 1.29 is 0 Å². The van der Waals surface area contributed by atoms with Crippen molar-refractivity contribution in [2.45, 2.75) is 46.6 Å². The molecule has 1 N–H and O–H groups in total. The fraction of sp³-hybridized carbons (Fsp3) is 0.625. The van der Waals surface area contributed by atoms with Gasteiger partial charge in [0.1, 0.15) is 0 Å². The molecule has 102 valence electrons. The fourth-order valence-corrected chi connectivity index (χ4v) is 2.77. The molecular weight excluding hydrogens is 242 g/mol. The molecule has 1 aromatic rings. The Morgan fingerprint density at radius 3 is 2.17 bits per heavy atom. The van der Waals surface area contributed by atoms with Gasteiger partial charge in [-0.1, -0.05) is 51.4 Å². The van der Waals surface area contributed by atoms with Crippen LogP contribution in [0.25, 0.3) is 0 Å². The normalized spacial score (nSPS) is 15.4. The van der Waals surface area contributed by atoms with Crippen molar-refractivity contribution in [3.05, 3.63) is 34.9 Å². The lowest BCUT2D eigenvalue weighted by atomic mass is 9.82. The summed E-state index contributed by atoms with van der Waals surface area (Å²) in [4.78, 5) is 0. The molecule has 0 bridgehead atoms. The summed E-state index contributed by atoms with van der Waals surface area (Å²) < 4.78 is 0. The highest BCUT2D eigenvalue weighted by molar-refractivity contribution is 6.30. The van der Waals surface area contributed by atoms with E-state index in [2.05, 4.69) is 45.1 Å². The summed E-state index contributed by atoms with van der Waals surface area (Å²) in [5, 5.41) is 4.21. The monoisotopic (exact) mass is 267 g/mol. The minimum Gasteiger partial charge on any atom is -0.313 e. The minimum absolute atomic E-state index is 0.401. The SMILES string of the molecule is CNC(CC(C)CC(C)(C)C)c1ccc(Cl)cc1. The second-order valence-electron chi connectivity index (χ2n) is 6.50. The van der Waals surface area contributed by atoms with Crippen molar-refractivity contribution in [3.8, 4) is 0 Å². The number of hydrogen-bond acceptors (Lipinski definition) is 1. The van der Waals surface area contributed by atoms with E-state index in [1.54, 1.807) is 0 Å². The van der Waals surface area contributed by atoms with Gasteiger partial charge in [-0.2, -0.15) is 0 Å². The number of hydrogen-bond donors (Lipinski definition) is 1. The molecule has 0 fully saturated rings. The first-order valence-corrected chi connectivity index (χ1v) is 7.12. The Labute approximate surface area is 117 Å². The number of halogens is 1. The molecule has 0 amide bonds. The topological polar surface area (TPSA) is 12.0 Å². The van der Waals surface area contributed by atoms with Gasteiger partial charge in [0.25, 0.3) is 0 Å².